The van der Waals surface area contributed by atoms with Crippen molar-refractivity contribution in [3.05, 3.63) is 100 Å². The number of H-pyrrole nitrogens is 1. The Morgan fingerprint density at radius 1 is 1.06 bits per heavy atom. The van der Waals surface area contributed by atoms with Crippen LogP contribution in [0.5, 0.6) is 0 Å². The summed E-state index contributed by atoms with van der Waals surface area (Å²) in [5, 5.41) is 2.76. The maximum atomic E-state index is 13.0. The molecule has 2 aromatic heterocycles. The minimum atomic E-state index is -3.95. The van der Waals surface area contributed by atoms with E-state index in [1.165, 1.54) is 24.4 Å². The van der Waals surface area contributed by atoms with Crippen LogP contribution >= 0.6 is 0 Å². The number of benzene rings is 2. The highest BCUT2D eigenvalue weighted by atomic mass is 32.2. The monoisotopic (exact) mass is 462 g/mol. The molecule has 0 spiro atoms. The summed E-state index contributed by atoms with van der Waals surface area (Å²) in [7, 11) is -3.95. The molecule has 0 saturated carbocycles. The zero-order chi connectivity index (χ0) is 23.4. The predicted molar refractivity (Wildman–Crippen MR) is 127 cm³/mol. The molecular formula is C24H22N4O4S. The van der Waals surface area contributed by atoms with E-state index in [4.69, 9.17) is 0 Å². The highest BCUT2D eigenvalue weighted by molar-refractivity contribution is 7.92. The third kappa shape index (κ3) is 4.78. The van der Waals surface area contributed by atoms with Gasteiger partial charge in [0.05, 0.1) is 22.8 Å². The van der Waals surface area contributed by atoms with E-state index in [1.54, 1.807) is 36.5 Å². The van der Waals surface area contributed by atoms with Crippen molar-refractivity contribution in [1.29, 1.82) is 0 Å². The molecule has 0 aliphatic carbocycles. The molecule has 0 aliphatic rings. The van der Waals surface area contributed by atoms with E-state index in [0.717, 1.165) is 5.56 Å². The number of rotatable bonds is 7. The van der Waals surface area contributed by atoms with Crippen LogP contribution in [0.15, 0.2) is 82.7 Å². The first kappa shape index (κ1) is 22.2. The Bertz CT molecular complexity index is 1480. The van der Waals surface area contributed by atoms with Crippen LogP contribution in [0.2, 0.25) is 0 Å². The van der Waals surface area contributed by atoms with E-state index in [9.17, 15) is 18.0 Å². The van der Waals surface area contributed by atoms with E-state index in [-0.39, 0.29) is 22.4 Å². The van der Waals surface area contributed by atoms with E-state index in [1.807, 2.05) is 19.1 Å². The van der Waals surface area contributed by atoms with Gasteiger partial charge in [0.15, 0.2) is 0 Å². The lowest BCUT2D eigenvalue weighted by molar-refractivity contribution is 0.0949. The molecule has 0 radical (unpaired) electrons. The van der Waals surface area contributed by atoms with Crippen molar-refractivity contribution in [2.75, 3.05) is 4.72 Å². The van der Waals surface area contributed by atoms with Crippen LogP contribution in [0.25, 0.3) is 10.9 Å². The summed E-state index contributed by atoms with van der Waals surface area (Å²) in [5.74, 6) is -0.577. The van der Waals surface area contributed by atoms with Gasteiger partial charge in [0.2, 0.25) is 5.43 Å². The number of anilines is 1. The largest absolute Gasteiger partial charge is 0.360 e. The quantitative estimate of drug-likeness (QED) is 0.389. The minimum Gasteiger partial charge on any atom is -0.360 e. The van der Waals surface area contributed by atoms with Gasteiger partial charge in [-0.25, -0.2) is 8.42 Å². The summed E-state index contributed by atoms with van der Waals surface area (Å²) in [6.07, 6.45) is 3.59. The topological polar surface area (TPSA) is 121 Å². The van der Waals surface area contributed by atoms with E-state index < -0.39 is 21.4 Å². The molecule has 4 rings (SSSR count). The molecule has 0 fully saturated rings. The lowest BCUT2D eigenvalue weighted by Gasteiger charge is -2.12. The van der Waals surface area contributed by atoms with Gasteiger partial charge in [0.25, 0.3) is 15.9 Å². The lowest BCUT2D eigenvalue weighted by Crippen LogP contribution is -2.28. The Hall–Kier alpha value is -3.98. The molecule has 0 bridgehead atoms. The zero-order valence-corrected chi connectivity index (χ0v) is 18.6. The highest BCUT2D eigenvalue weighted by Gasteiger charge is 2.19. The Labute approximate surface area is 190 Å². The molecule has 0 unspecified atom stereocenters. The van der Waals surface area contributed by atoms with Crippen molar-refractivity contribution < 1.29 is 13.2 Å². The number of nitrogens with zero attached hydrogens (tertiary/aromatic N) is 1. The van der Waals surface area contributed by atoms with Crippen molar-refractivity contribution in [2.24, 2.45) is 0 Å². The maximum Gasteiger partial charge on any atom is 0.261 e. The number of aromatic amines is 1. The van der Waals surface area contributed by atoms with Crippen molar-refractivity contribution in [3.63, 3.8) is 0 Å². The van der Waals surface area contributed by atoms with Gasteiger partial charge in [-0.15, -0.1) is 0 Å². The number of pyridine rings is 2. The molecule has 9 heteroatoms. The third-order valence-electron chi connectivity index (χ3n) is 5.21. The molecule has 2 heterocycles. The molecule has 0 aliphatic heterocycles. The summed E-state index contributed by atoms with van der Waals surface area (Å²) in [5.41, 5.74) is 1.73. The van der Waals surface area contributed by atoms with Crippen LogP contribution in [0.1, 0.15) is 28.5 Å². The molecular weight excluding hydrogens is 440 g/mol. The van der Waals surface area contributed by atoms with Gasteiger partial charge in [-0.1, -0.05) is 31.2 Å². The lowest BCUT2D eigenvalue weighted by atomic mass is 10.1. The van der Waals surface area contributed by atoms with E-state index >= 15 is 0 Å². The summed E-state index contributed by atoms with van der Waals surface area (Å²) in [6.45, 7) is 2.09. The molecule has 3 N–H and O–H groups in total. The average Bonchev–Trinajstić information content (AvgIpc) is 2.83. The summed E-state index contributed by atoms with van der Waals surface area (Å²) in [6, 6.07) is 16.6. The molecule has 168 valence electrons. The normalized spacial score (nSPS) is 11.3. The Morgan fingerprint density at radius 3 is 2.61 bits per heavy atom. The molecule has 1 amide bonds. The van der Waals surface area contributed by atoms with Crippen molar-refractivity contribution >= 4 is 32.5 Å². The number of aromatic nitrogens is 2. The van der Waals surface area contributed by atoms with Gasteiger partial charge < -0.3 is 10.3 Å². The second-order valence-electron chi connectivity index (χ2n) is 7.36. The number of carbonyl (C=O) groups excluding carboxylic acids is 1. The molecule has 0 saturated heterocycles. The van der Waals surface area contributed by atoms with Crippen molar-refractivity contribution in [1.82, 2.24) is 15.3 Å². The first-order valence-electron chi connectivity index (χ1n) is 10.3. The molecule has 2 aromatic carbocycles. The van der Waals surface area contributed by atoms with E-state index in [0.29, 0.717) is 23.3 Å². The number of carbonyl (C=O) groups is 1. The van der Waals surface area contributed by atoms with Gasteiger partial charge in [0, 0.05) is 23.3 Å². The van der Waals surface area contributed by atoms with Crippen LogP contribution in [0, 0.1) is 0 Å². The molecule has 0 atom stereocenters. The first-order chi connectivity index (χ1) is 15.9. The standard InChI is InChI=1S/C24H22N4O4S/c1-2-16-7-3-4-9-21(16)28-33(31,32)18-10-11-22-19(13-18)23(29)20(15-26-22)24(30)27-14-17-8-5-6-12-25-17/h3-13,15,28H,2,14H2,1H3,(H,26,29)(H,27,30). The Balaban J connectivity index is 1.64. The fourth-order valence-corrected chi connectivity index (χ4v) is 4.56. The maximum absolute atomic E-state index is 13.0. The molecule has 4 aromatic rings. The summed E-state index contributed by atoms with van der Waals surface area (Å²) >= 11 is 0. The second kappa shape index (κ2) is 9.25. The number of amides is 1. The highest BCUT2D eigenvalue weighted by Crippen LogP contribution is 2.22. The average molecular weight is 463 g/mol. The number of hydrogen-bond acceptors (Lipinski definition) is 5. The number of nitrogens with one attached hydrogen (secondary N) is 3. The summed E-state index contributed by atoms with van der Waals surface area (Å²) < 4.78 is 28.6. The van der Waals surface area contributed by atoms with Gasteiger partial charge in [-0.3, -0.25) is 19.3 Å². The van der Waals surface area contributed by atoms with Crippen LogP contribution in [-0.4, -0.2) is 24.3 Å². The zero-order valence-electron chi connectivity index (χ0n) is 17.8. The molecule has 33 heavy (non-hydrogen) atoms. The van der Waals surface area contributed by atoms with Crippen LogP contribution in [0.3, 0.4) is 0 Å². The third-order valence-corrected chi connectivity index (χ3v) is 6.57. The number of aryl methyl sites for hydroxylation is 1. The van der Waals surface area contributed by atoms with E-state index in [2.05, 4.69) is 20.0 Å². The predicted octanol–water partition coefficient (Wildman–Crippen LogP) is 3.22. The van der Waals surface area contributed by atoms with Crippen LogP contribution in [0.4, 0.5) is 5.69 Å². The van der Waals surface area contributed by atoms with Gasteiger partial charge >= 0.3 is 0 Å². The number of para-hydroxylation sites is 1. The van der Waals surface area contributed by atoms with Crippen LogP contribution in [-0.2, 0) is 23.0 Å². The van der Waals surface area contributed by atoms with Crippen molar-refractivity contribution in [2.45, 2.75) is 24.8 Å². The first-order valence-corrected chi connectivity index (χ1v) is 11.8. The van der Waals surface area contributed by atoms with Gasteiger partial charge in [-0.2, -0.15) is 0 Å². The van der Waals surface area contributed by atoms with Crippen LogP contribution < -0.4 is 15.5 Å². The number of fused-ring (bicyclic) bond motifs is 1. The second-order valence-corrected chi connectivity index (χ2v) is 9.04. The SMILES string of the molecule is CCc1ccccc1NS(=O)(=O)c1ccc2[nH]cc(C(=O)NCc3ccccn3)c(=O)c2c1. The number of sulfonamides is 1. The fraction of sp³-hybridized carbons (Fsp3) is 0.125. The fourth-order valence-electron chi connectivity index (χ4n) is 3.43. The number of hydrogen-bond donors (Lipinski definition) is 3. The Kier molecular flexibility index (Phi) is 6.23. The smallest absolute Gasteiger partial charge is 0.261 e. The summed E-state index contributed by atoms with van der Waals surface area (Å²) in [4.78, 5) is 32.5. The van der Waals surface area contributed by atoms with Gasteiger partial charge in [0.1, 0.15) is 5.56 Å². The van der Waals surface area contributed by atoms with Gasteiger partial charge in [-0.05, 0) is 48.4 Å². The molecule has 8 nitrogen and oxygen atoms in total. The minimum absolute atomic E-state index is 0.0718. The Morgan fingerprint density at radius 2 is 1.85 bits per heavy atom. The van der Waals surface area contributed by atoms with Crippen molar-refractivity contribution in [3.8, 4) is 0 Å².